The third kappa shape index (κ3) is 6.88. The largest absolute Gasteiger partial charge is 0.348 e. The van der Waals surface area contributed by atoms with E-state index in [1.807, 2.05) is 64.5 Å². The number of benzene rings is 3. The first-order valence-corrected chi connectivity index (χ1v) is 16.3. The molecule has 2 aromatic heterocycles. The van der Waals surface area contributed by atoms with Gasteiger partial charge < -0.3 is 5.32 Å². The Hall–Kier alpha value is -3.21. The van der Waals surface area contributed by atoms with Gasteiger partial charge in [0.15, 0.2) is 11.0 Å². The van der Waals surface area contributed by atoms with Gasteiger partial charge in [-0.15, -0.1) is 21.5 Å². The number of carbonyl (C=O) groups is 1. The number of carbonyl (C=O) groups excluding carboxylic acids is 1. The fourth-order valence-corrected chi connectivity index (χ4v) is 7.12. The van der Waals surface area contributed by atoms with Crippen molar-refractivity contribution in [2.24, 2.45) is 0 Å². The molecule has 6 rings (SSSR count). The second kappa shape index (κ2) is 13.4. The number of piperidine rings is 1. The monoisotopic (exact) mass is 634 g/mol. The van der Waals surface area contributed by atoms with Crippen LogP contribution in [0.15, 0.2) is 89.4 Å². The van der Waals surface area contributed by atoms with Gasteiger partial charge in [0.25, 0.3) is 5.91 Å². The third-order valence-corrected chi connectivity index (χ3v) is 9.63. The summed E-state index contributed by atoms with van der Waals surface area (Å²) >= 11 is 15.8. The van der Waals surface area contributed by atoms with Crippen molar-refractivity contribution in [1.82, 2.24) is 30.0 Å². The van der Waals surface area contributed by atoms with E-state index in [9.17, 15) is 4.79 Å². The Balaban J connectivity index is 1.09. The van der Waals surface area contributed by atoms with Crippen LogP contribution in [0.5, 0.6) is 0 Å². The first-order valence-electron chi connectivity index (χ1n) is 13.6. The summed E-state index contributed by atoms with van der Waals surface area (Å²) in [4.78, 5) is 20.1. The number of thioether (sulfide) groups is 1. The molecule has 3 heterocycles. The molecular weight excluding hydrogens is 607 g/mol. The number of amides is 1. The highest BCUT2D eigenvalue weighted by Gasteiger charge is 2.23. The van der Waals surface area contributed by atoms with Crippen LogP contribution < -0.4 is 5.32 Å². The van der Waals surface area contributed by atoms with E-state index < -0.39 is 0 Å². The minimum Gasteiger partial charge on any atom is -0.348 e. The molecular formula is C31H28Cl2N6OS2. The SMILES string of the molecule is O=C(NC1CCN(Cc2ccccc2)CC1)c1csc(CSc2nnc(-c3ccccc3Cl)n2-c2cccc(Cl)c2)n1. The van der Waals surface area contributed by atoms with Crippen LogP contribution in [0, 0.1) is 0 Å². The lowest BCUT2D eigenvalue weighted by atomic mass is 10.0. The van der Waals surface area contributed by atoms with Crippen LogP contribution in [0.4, 0.5) is 0 Å². The number of aromatic nitrogens is 4. The first-order chi connectivity index (χ1) is 20.5. The number of rotatable bonds is 9. The lowest BCUT2D eigenvalue weighted by Crippen LogP contribution is -2.44. The van der Waals surface area contributed by atoms with Crippen molar-refractivity contribution in [1.29, 1.82) is 0 Å². The molecule has 5 aromatic rings. The smallest absolute Gasteiger partial charge is 0.270 e. The highest BCUT2D eigenvalue weighted by molar-refractivity contribution is 7.98. The predicted molar refractivity (Wildman–Crippen MR) is 171 cm³/mol. The molecule has 1 aliphatic heterocycles. The Kier molecular flexibility index (Phi) is 9.21. The molecule has 0 unspecified atom stereocenters. The van der Waals surface area contributed by atoms with Crippen LogP contribution in [-0.2, 0) is 12.3 Å². The lowest BCUT2D eigenvalue weighted by molar-refractivity contribution is 0.0904. The number of hydrogen-bond acceptors (Lipinski definition) is 7. The molecule has 7 nitrogen and oxygen atoms in total. The van der Waals surface area contributed by atoms with E-state index >= 15 is 0 Å². The normalized spacial score (nSPS) is 14.2. The predicted octanol–water partition coefficient (Wildman–Crippen LogP) is 7.38. The molecule has 3 aromatic carbocycles. The van der Waals surface area contributed by atoms with Crippen LogP contribution in [-0.4, -0.2) is 49.7 Å². The van der Waals surface area contributed by atoms with Crippen molar-refractivity contribution in [2.75, 3.05) is 13.1 Å². The maximum absolute atomic E-state index is 13.0. The number of nitrogens with zero attached hydrogens (tertiary/aromatic N) is 5. The van der Waals surface area contributed by atoms with Crippen molar-refractivity contribution < 1.29 is 4.79 Å². The van der Waals surface area contributed by atoms with Gasteiger partial charge in [-0.1, -0.05) is 83.5 Å². The van der Waals surface area contributed by atoms with E-state index in [-0.39, 0.29) is 11.9 Å². The standard InChI is InChI=1S/C31H28Cl2N6OS2/c32-22-9-6-10-24(17-22)39-29(25-11-4-5-12-26(25)33)36-37-31(39)42-20-28-35-27(19-41-28)30(40)34-23-13-15-38(16-14-23)18-21-7-2-1-3-8-21/h1-12,17,19,23H,13-16,18,20H2,(H,34,40). The van der Waals surface area contributed by atoms with Crippen molar-refractivity contribution in [3.63, 3.8) is 0 Å². The van der Waals surface area contributed by atoms with Crippen LogP contribution in [0.3, 0.4) is 0 Å². The van der Waals surface area contributed by atoms with Crippen LogP contribution in [0.1, 0.15) is 33.9 Å². The van der Waals surface area contributed by atoms with Gasteiger partial charge in [0.1, 0.15) is 10.7 Å². The number of thiazole rings is 1. The van der Waals surface area contributed by atoms with Crippen molar-refractivity contribution in [3.8, 4) is 17.1 Å². The molecule has 1 fully saturated rings. The summed E-state index contributed by atoms with van der Waals surface area (Å²) in [6.07, 6.45) is 1.86. The van der Waals surface area contributed by atoms with E-state index in [0.717, 1.165) is 48.7 Å². The molecule has 42 heavy (non-hydrogen) atoms. The third-order valence-electron chi connectivity index (χ3n) is 7.10. The quantitative estimate of drug-likeness (QED) is 0.170. The molecule has 214 valence electrons. The Morgan fingerprint density at radius 1 is 0.976 bits per heavy atom. The molecule has 1 N–H and O–H groups in total. The second-order valence-electron chi connectivity index (χ2n) is 10.0. The van der Waals surface area contributed by atoms with Gasteiger partial charge in [-0.05, 0) is 48.7 Å². The maximum atomic E-state index is 13.0. The highest BCUT2D eigenvalue weighted by Crippen LogP contribution is 2.34. The molecule has 11 heteroatoms. The lowest BCUT2D eigenvalue weighted by Gasteiger charge is -2.32. The average Bonchev–Trinajstić information content (AvgIpc) is 3.65. The average molecular weight is 636 g/mol. The molecule has 0 aliphatic carbocycles. The van der Waals surface area contributed by atoms with Crippen LogP contribution >= 0.6 is 46.3 Å². The van der Waals surface area contributed by atoms with Crippen molar-refractivity contribution >= 4 is 52.2 Å². The molecule has 0 spiro atoms. The molecule has 0 atom stereocenters. The van der Waals surface area contributed by atoms with Gasteiger partial charge in [0, 0.05) is 41.6 Å². The van der Waals surface area contributed by atoms with E-state index in [4.69, 9.17) is 23.2 Å². The Bertz CT molecular complexity index is 1670. The summed E-state index contributed by atoms with van der Waals surface area (Å²) in [6, 6.07) is 25.8. The van der Waals surface area contributed by atoms with Gasteiger partial charge in [0.05, 0.1) is 16.5 Å². The number of hydrogen-bond donors (Lipinski definition) is 1. The highest BCUT2D eigenvalue weighted by atomic mass is 35.5. The number of nitrogens with one attached hydrogen (secondary N) is 1. The maximum Gasteiger partial charge on any atom is 0.270 e. The summed E-state index contributed by atoms with van der Waals surface area (Å²) in [6.45, 7) is 2.87. The summed E-state index contributed by atoms with van der Waals surface area (Å²) in [5.41, 5.74) is 3.38. The Morgan fingerprint density at radius 3 is 2.55 bits per heavy atom. The minimum absolute atomic E-state index is 0.118. The number of halogens is 2. The van der Waals surface area contributed by atoms with Gasteiger partial charge >= 0.3 is 0 Å². The van der Waals surface area contributed by atoms with Crippen LogP contribution in [0.25, 0.3) is 17.1 Å². The van der Waals surface area contributed by atoms with Gasteiger partial charge in [0.2, 0.25) is 0 Å². The zero-order valence-electron chi connectivity index (χ0n) is 22.6. The van der Waals surface area contributed by atoms with Crippen molar-refractivity contribution in [2.45, 2.75) is 36.3 Å². The number of likely N-dealkylation sites (tertiary alicyclic amines) is 1. The molecule has 0 radical (unpaired) electrons. The summed E-state index contributed by atoms with van der Waals surface area (Å²) in [5, 5.41) is 16.7. The Labute approximate surface area is 262 Å². The first kappa shape index (κ1) is 28.9. The van der Waals surface area contributed by atoms with E-state index in [1.165, 1.54) is 28.7 Å². The topological polar surface area (TPSA) is 75.9 Å². The Morgan fingerprint density at radius 2 is 1.76 bits per heavy atom. The zero-order chi connectivity index (χ0) is 28.9. The fourth-order valence-electron chi connectivity index (χ4n) is 4.97. The van der Waals surface area contributed by atoms with Gasteiger partial charge in [-0.2, -0.15) is 0 Å². The molecule has 1 aliphatic rings. The minimum atomic E-state index is -0.118. The van der Waals surface area contributed by atoms with Gasteiger partial charge in [-0.25, -0.2) is 4.98 Å². The van der Waals surface area contributed by atoms with Crippen LogP contribution in [0.2, 0.25) is 10.0 Å². The fraction of sp³-hybridized carbons (Fsp3) is 0.226. The molecule has 0 bridgehead atoms. The second-order valence-corrected chi connectivity index (χ2v) is 12.8. The van der Waals surface area contributed by atoms with E-state index in [2.05, 4.69) is 49.7 Å². The summed E-state index contributed by atoms with van der Waals surface area (Å²) < 4.78 is 1.95. The van der Waals surface area contributed by atoms with Gasteiger partial charge in [-0.3, -0.25) is 14.3 Å². The van der Waals surface area contributed by atoms with E-state index in [1.54, 1.807) is 0 Å². The van der Waals surface area contributed by atoms with Crippen molar-refractivity contribution in [3.05, 3.63) is 111 Å². The molecule has 0 saturated carbocycles. The summed E-state index contributed by atoms with van der Waals surface area (Å²) in [7, 11) is 0. The molecule has 1 saturated heterocycles. The summed E-state index contributed by atoms with van der Waals surface area (Å²) in [5.74, 6) is 1.04. The van der Waals surface area contributed by atoms with E-state index in [0.29, 0.717) is 32.5 Å². The molecule has 1 amide bonds. The zero-order valence-corrected chi connectivity index (χ0v) is 25.8.